The normalized spacial score (nSPS) is 15.0. The van der Waals surface area contributed by atoms with Crippen molar-refractivity contribution in [1.29, 1.82) is 0 Å². The summed E-state index contributed by atoms with van der Waals surface area (Å²) in [6.45, 7) is 5.45. The first-order chi connectivity index (χ1) is 10.6. The molecule has 2 aromatic rings. The maximum atomic E-state index is 11.9. The number of aromatic nitrogens is 2. The van der Waals surface area contributed by atoms with Crippen molar-refractivity contribution < 1.29 is 14.1 Å². The average Bonchev–Trinajstić information content (AvgIpc) is 2.94. The van der Waals surface area contributed by atoms with Crippen molar-refractivity contribution in [3.63, 3.8) is 0 Å². The van der Waals surface area contributed by atoms with Gasteiger partial charge < -0.3 is 14.2 Å². The van der Waals surface area contributed by atoms with E-state index in [0.29, 0.717) is 31.4 Å². The molecule has 0 N–H and O–H groups in total. The summed E-state index contributed by atoms with van der Waals surface area (Å²) < 4.78 is 10.5. The Labute approximate surface area is 129 Å². The van der Waals surface area contributed by atoms with E-state index in [1.165, 1.54) is 0 Å². The lowest BCUT2D eigenvalue weighted by atomic mass is 10.0. The van der Waals surface area contributed by atoms with E-state index in [1.54, 1.807) is 4.90 Å². The third-order valence-electron chi connectivity index (χ3n) is 3.67. The Bertz CT molecular complexity index is 633. The predicted octanol–water partition coefficient (Wildman–Crippen LogP) is 2.93. The van der Waals surface area contributed by atoms with Crippen LogP contribution in [0.3, 0.4) is 0 Å². The molecular weight excluding hydrogens is 282 g/mol. The van der Waals surface area contributed by atoms with Crippen LogP contribution in [0.1, 0.15) is 43.0 Å². The number of amides is 1. The van der Waals surface area contributed by atoms with Crippen molar-refractivity contribution in [3.8, 4) is 0 Å². The first kappa shape index (κ1) is 14.6. The summed E-state index contributed by atoms with van der Waals surface area (Å²) in [6, 6.07) is 9.63. The molecule has 1 aromatic carbocycles. The molecule has 3 rings (SSSR count). The molecule has 0 spiro atoms. The van der Waals surface area contributed by atoms with E-state index in [0.717, 1.165) is 5.56 Å². The molecule has 1 saturated heterocycles. The fraction of sp³-hybridized carbons (Fsp3) is 0.438. The topological polar surface area (TPSA) is 68.5 Å². The van der Waals surface area contributed by atoms with E-state index in [1.807, 2.05) is 44.2 Å². The number of hydrogen-bond donors (Lipinski definition) is 0. The Balaban J connectivity index is 1.47. The molecular formula is C16H19N3O3. The second-order valence-electron chi connectivity index (χ2n) is 5.79. The van der Waals surface area contributed by atoms with Crippen LogP contribution in [-0.2, 0) is 11.3 Å². The summed E-state index contributed by atoms with van der Waals surface area (Å²) in [5.74, 6) is 1.67. The Morgan fingerprint density at radius 2 is 2.09 bits per heavy atom. The fourth-order valence-electron chi connectivity index (χ4n) is 2.24. The van der Waals surface area contributed by atoms with Gasteiger partial charge in [-0.15, -0.1) is 0 Å². The maximum absolute atomic E-state index is 11.9. The number of carbonyl (C=O) groups excluding carboxylic acids is 1. The summed E-state index contributed by atoms with van der Waals surface area (Å²) in [4.78, 5) is 17.9. The minimum absolute atomic E-state index is 0.115. The van der Waals surface area contributed by atoms with Crippen molar-refractivity contribution in [3.05, 3.63) is 47.6 Å². The van der Waals surface area contributed by atoms with Crippen LogP contribution in [0.25, 0.3) is 0 Å². The molecule has 1 amide bonds. The molecule has 6 nitrogen and oxygen atoms in total. The van der Waals surface area contributed by atoms with E-state index >= 15 is 0 Å². The molecule has 1 aromatic heterocycles. The van der Waals surface area contributed by atoms with Crippen LogP contribution in [-0.4, -0.2) is 34.2 Å². The molecule has 6 heteroatoms. The molecule has 2 heterocycles. The van der Waals surface area contributed by atoms with Gasteiger partial charge in [-0.3, -0.25) is 0 Å². The average molecular weight is 301 g/mol. The SMILES string of the molecule is CC(C)c1noc(C2CN(C(=O)OCc3ccccc3)C2)n1. The zero-order valence-electron chi connectivity index (χ0n) is 12.7. The fourth-order valence-corrected chi connectivity index (χ4v) is 2.24. The molecule has 0 aliphatic carbocycles. The van der Waals surface area contributed by atoms with Gasteiger partial charge >= 0.3 is 6.09 Å². The molecule has 1 fully saturated rings. The van der Waals surface area contributed by atoms with E-state index in [4.69, 9.17) is 9.26 Å². The molecule has 0 atom stereocenters. The summed E-state index contributed by atoms with van der Waals surface area (Å²) in [7, 11) is 0. The first-order valence-corrected chi connectivity index (χ1v) is 7.42. The van der Waals surface area contributed by atoms with Crippen LogP contribution in [0.2, 0.25) is 0 Å². The smallest absolute Gasteiger partial charge is 0.410 e. The third kappa shape index (κ3) is 3.10. The van der Waals surface area contributed by atoms with Gasteiger partial charge in [-0.25, -0.2) is 4.79 Å². The van der Waals surface area contributed by atoms with Gasteiger partial charge in [0.2, 0.25) is 5.89 Å². The maximum Gasteiger partial charge on any atom is 0.410 e. The lowest BCUT2D eigenvalue weighted by molar-refractivity contribution is 0.0605. The van der Waals surface area contributed by atoms with E-state index in [-0.39, 0.29) is 17.9 Å². The Kier molecular flexibility index (Phi) is 4.09. The van der Waals surface area contributed by atoms with Gasteiger partial charge in [-0.1, -0.05) is 49.3 Å². The number of likely N-dealkylation sites (tertiary alicyclic amines) is 1. The van der Waals surface area contributed by atoms with Gasteiger partial charge in [-0.05, 0) is 5.56 Å². The van der Waals surface area contributed by atoms with Crippen LogP contribution < -0.4 is 0 Å². The van der Waals surface area contributed by atoms with E-state index in [2.05, 4.69) is 10.1 Å². The molecule has 22 heavy (non-hydrogen) atoms. The highest BCUT2D eigenvalue weighted by Gasteiger charge is 2.36. The van der Waals surface area contributed by atoms with Gasteiger partial charge in [0.05, 0.1) is 5.92 Å². The number of carbonyl (C=O) groups is 1. The van der Waals surface area contributed by atoms with Gasteiger partial charge in [0.25, 0.3) is 0 Å². The monoisotopic (exact) mass is 301 g/mol. The summed E-state index contributed by atoms with van der Waals surface area (Å²) in [6.07, 6.45) is -0.302. The highest BCUT2D eigenvalue weighted by atomic mass is 16.6. The summed E-state index contributed by atoms with van der Waals surface area (Å²) in [5.41, 5.74) is 0.978. The zero-order chi connectivity index (χ0) is 15.5. The highest BCUT2D eigenvalue weighted by Crippen LogP contribution is 2.27. The van der Waals surface area contributed by atoms with Crippen LogP contribution >= 0.6 is 0 Å². The molecule has 116 valence electrons. The second kappa shape index (κ2) is 6.17. The molecule has 1 aliphatic heterocycles. The number of hydrogen-bond acceptors (Lipinski definition) is 5. The number of benzene rings is 1. The van der Waals surface area contributed by atoms with Gasteiger partial charge in [0.15, 0.2) is 5.82 Å². The number of ether oxygens (including phenoxy) is 1. The quantitative estimate of drug-likeness (QED) is 0.868. The highest BCUT2D eigenvalue weighted by molar-refractivity contribution is 5.69. The van der Waals surface area contributed by atoms with Crippen LogP contribution in [0.5, 0.6) is 0 Å². The minimum atomic E-state index is -0.302. The molecule has 0 bridgehead atoms. The summed E-state index contributed by atoms with van der Waals surface area (Å²) >= 11 is 0. The molecule has 0 radical (unpaired) electrons. The van der Waals surface area contributed by atoms with Crippen molar-refractivity contribution in [2.75, 3.05) is 13.1 Å². The first-order valence-electron chi connectivity index (χ1n) is 7.42. The Morgan fingerprint density at radius 1 is 1.36 bits per heavy atom. The third-order valence-corrected chi connectivity index (χ3v) is 3.67. The van der Waals surface area contributed by atoms with Gasteiger partial charge in [0.1, 0.15) is 6.61 Å². The molecule has 0 saturated carbocycles. The number of rotatable bonds is 4. The van der Waals surface area contributed by atoms with E-state index in [9.17, 15) is 4.79 Å². The largest absolute Gasteiger partial charge is 0.445 e. The van der Waals surface area contributed by atoms with Crippen LogP contribution in [0, 0.1) is 0 Å². The van der Waals surface area contributed by atoms with Crippen LogP contribution in [0.15, 0.2) is 34.9 Å². The predicted molar refractivity (Wildman–Crippen MR) is 79.3 cm³/mol. The Hall–Kier alpha value is -2.37. The minimum Gasteiger partial charge on any atom is -0.445 e. The summed E-state index contributed by atoms with van der Waals surface area (Å²) in [5, 5.41) is 3.94. The van der Waals surface area contributed by atoms with E-state index < -0.39 is 0 Å². The molecule has 1 aliphatic rings. The van der Waals surface area contributed by atoms with Gasteiger partial charge in [0, 0.05) is 19.0 Å². The van der Waals surface area contributed by atoms with Crippen molar-refractivity contribution in [2.45, 2.75) is 32.3 Å². The standard InChI is InChI=1S/C16H19N3O3/c1-11(2)14-17-15(22-18-14)13-8-19(9-13)16(20)21-10-12-6-4-3-5-7-12/h3-7,11,13H,8-10H2,1-2H3. The second-order valence-corrected chi connectivity index (χ2v) is 5.79. The van der Waals surface area contributed by atoms with Crippen molar-refractivity contribution in [1.82, 2.24) is 15.0 Å². The zero-order valence-corrected chi connectivity index (χ0v) is 12.7. The van der Waals surface area contributed by atoms with Gasteiger partial charge in [-0.2, -0.15) is 4.98 Å². The molecule has 0 unspecified atom stereocenters. The Morgan fingerprint density at radius 3 is 2.73 bits per heavy atom. The van der Waals surface area contributed by atoms with Crippen molar-refractivity contribution in [2.24, 2.45) is 0 Å². The number of nitrogens with zero attached hydrogens (tertiary/aromatic N) is 3. The lowest BCUT2D eigenvalue weighted by Crippen LogP contribution is -2.48. The van der Waals surface area contributed by atoms with Crippen molar-refractivity contribution >= 4 is 6.09 Å². The lowest BCUT2D eigenvalue weighted by Gasteiger charge is -2.35. The van der Waals surface area contributed by atoms with Crippen LogP contribution in [0.4, 0.5) is 4.79 Å².